The lowest BCUT2D eigenvalue weighted by Gasteiger charge is -2.12. The number of hydrogen-bond donors (Lipinski definition) is 1. The van der Waals surface area contributed by atoms with Crippen LogP contribution in [0, 0.1) is 19.7 Å². The van der Waals surface area contributed by atoms with Crippen molar-refractivity contribution in [3.05, 3.63) is 93.8 Å². The third-order valence-corrected chi connectivity index (χ3v) is 4.59. The fourth-order valence-corrected chi connectivity index (χ4v) is 3.24. The zero-order valence-electron chi connectivity index (χ0n) is 16.0. The van der Waals surface area contributed by atoms with E-state index >= 15 is 0 Å². The van der Waals surface area contributed by atoms with E-state index in [4.69, 9.17) is 16.3 Å². The molecule has 0 bridgehead atoms. The first-order valence-electron chi connectivity index (χ1n) is 8.93. The van der Waals surface area contributed by atoms with Crippen LogP contribution in [-0.4, -0.2) is 18.3 Å². The molecular formula is C23H19ClFNO3. The number of carbonyl (C=O) groups excluding carboxylic acids is 2. The number of ether oxygens (including phenoxy) is 1. The van der Waals surface area contributed by atoms with Crippen molar-refractivity contribution in [1.82, 2.24) is 0 Å². The lowest BCUT2D eigenvalue weighted by molar-refractivity contribution is -0.118. The molecule has 0 saturated carbocycles. The van der Waals surface area contributed by atoms with E-state index < -0.39 is 5.82 Å². The molecule has 0 atom stereocenters. The van der Waals surface area contributed by atoms with Gasteiger partial charge >= 0.3 is 0 Å². The second kappa shape index (κ2) is 8.88. The van der Waals surface area contributed by atoms with Crippen LogP contribution in [0.1, 0.15) is 27.0 Å². The molecule has 0 aromatic heterocycles. The van der Waals surface area contributed by atoms with Gasteiger partial charge in [-0.25, -0.2) is 4.39 Å². The summed E-state index contributed by atoms with van der Waals surface area (Å²) in [5, 5.41) is 3.22. The average molecular weight is 412 g/mol. The van der Waals surface area contributed by atoms with Crippen LogP contribution in [-0.2, 0) is 4.79 Å². The molecule has 4 nitrogen and oxygen atoms in total. The highest BCUT2D eigenvalue weighted by Gasteiger charge is 2.12. The van der Waals surface area contributed by atoms with E-state index in [2.05, 4.69) is 5.32 Å². The van der Waals surface area contributed by atoms with Gasteiger partial charge in [0.2, 0.25) is 0 Å². The standard InChI is InChI=1S/C23H19ClFNO3/c1-14-11-15(2)22(20(24)12-14)26-21(27)13-29-19-9-5-17(6-10-19)23(28)16-3-7-18(25)8-4-16/h3-12H,13H2,1-2H3,(H,26,27). The van der Waals surface area contributed by atoms with Gasteiger partial charge < -0.3 is 10.1 Å². The first kappa shape index (κ1) is 20.6. The molecule has 0 aliphatic carbocycles. The minimum absolute atomic E-state index is 0.200. The number of anilines is 1. The van der Waals surface area contributed by atoms with Gasteiger partial charge in [-0.1, -0.05) is 17.7 Å². The Morgan fingerprint density at radius 1 is 0.966 bits per heavy atom. The second-order valence-corrected chi connectivity index (χ2v) is 7.04. The van der Waals surface area contributed by atoms with Crippen molar-refractivity contribution < 1.29 is 18.7 Å². The van der Waals surface area contributed by atoms with Gasteiger partial charge in [-0.05, 0) is 79.6 Å². The molecule has 0 aliphatic rings. The Morgan fingerprint density at radius 2 is 1.55 bits per heavy atom. The second-order valence-electron chi connectivity index (χ2n) is 6.64. The Balaban J connectivity index is 1.59. The molecule has 3 aromatic carbocycles. The molecule has 148 valence electrons. The van der Waals surface area contributed by atoms with Crippen LogP contribution in [0.3, 0.4) is 0 Å². The van der Waals surface area contributed by atoms with Gasteiger partial charge in [0.25, 0.3) is 5.91 Å². The SMILES string of the molecule is Cc1cc(C)c(NC(=O)COc2ccc(C(=O)c3ccc(F)cc3)cc2)c(Cl)c1. The normalized spacial score (nSPS) is 10.5. The molecule has 0 saturated heterocycles. The maximum atomic E-state index is 13.0. The van der Waals surface area contributed by atoms with E-state index in [1.54, 1.807) is 30.3 Å². The summed E-state index contributed by atoms with van der Waals surface area (Å²) in [6.07, 6.45) is 0. The Kier molecular flexibility index (Phi) is 6.29. The summed E-state index contributed by atoms with van der Waals surface area (Å²) in [7, 11) is 0. The van der Waals surface area contributed by atoms with Crippen molar-refractivity contribution >= 4 is 29.0 Å². The molecule has 29 heavy (non-hydrogen) atoms. The number of ketones is 1. The molecule has 0 unspecified atom stereocenters. The predicted octanol–water partition coefficient (Wildman–Crippen LogP) is 5.34. The highest BCUT2D eigenvalue weighted by molar-refractivity contribution is 6.34. The molecule has 3 aromatic rings. The third-order valence-electron chi connectivity index (χ3n) is 4.29. The molecule has 0 spiro atoms. The largest absolute Gasteiger partial charge is 0.484 e. The van der Waals surface area contributed by atoms with Crippen molar-refractivity contribution in [2.75, 3.05) is 11.9 Å². The predicted molar refractivity (Wildman–Crippen MR) is 111 cm³/mol. The monoisotopic (exact) mass is 411 g/mol. The van der Waals surface area contributed by atoms with Gasteiger partial charge in [0.15, 0.2) is 12.4 Å². The van der Waals surface area contributed by atoms with E-state index in [9.17, 15) is 14.0 Å². The Labute approximate surface area is 173 Å². The van der Waals surface area contributed by atoms with Gasteiger partial charge in [-0.15, -0.1) is 0 Å². The molecule has 1 N–H and O–H groups in total. The number of benzene rings is 3. The summed E-state index contributed by atoms with van der Waals surface area (Å²) < 4.78 is 18.5. The van der Waals surface area contributed by atoms with E-state index in [1.165, 1.54) is 24.3 Å². The summed E-state index contributed by atoms with van der Waals surface area (Å²) in [5.41, 5.74) is 3.27. The minimum Gasteiger partial charge on any atom is -0.484 e. The molecule has 0 fully saturated rings. The van der Waals surface area contributed by atoms with Crippen LogP contribution in [0.5, 0.6) is 5.75 Å². The van der Waals surface area contributed by atoms with Crippen LogP contribution in [0.2, 0.25) is 5.02 Å². The lowest BCUT2D eigenvalue weighted by atomic mass is 10.0. The van der Waals surface area contributed by atoms with E-state index in [1.807, 2.05) is 19.9 Å². The fraction of sp³-hybridized carbons (Fsp3) is 0.130. The quantitative estimate of drug-likeness (QED) is 0.557. The average Bonchev–Trinajstić information content (AvgIpc) is 2.69. The number of hydrogen-bond acceptors (Lipinski definition) is 3. The summed E-state index contributed by atoms with van der Waals surface area (Å²) in [6.45, 7) is 3.60. The van der Waals surface area contributed by atoms with Crippen molar-refractivity contribution in [3.63, 3.8) is 0 Å². The smallest absolute Gasteiger partial charge is 0.262 e. The van der Waals surface area contributed by atoms with E-state index in [0.29, 0.717) is 27.6 Å². The Bertz CT molecular complexity index is 1020. The van der Waals surface area contributed by atoms with Gasteiger partial charge in [0, 0.05) is 11.1 Å². The summed E-state index contributed by atoms with van der Waals surface area (Å²) >= 11 is 6.19. The van der Waals surface area contributed by atoms with Crippen molar-refractivity contribution in [2.24, 2.45) is 0 Å². The maximum absolute atomic E-state index is 13.0. The molecule has 0 heterocycles. The van der Waals surface area contributed by atoms with Gasteiger partial charge in [-0.2, -0.15) is 0 Å². The Morgan fingerprint density at radius 3 is 2.14 bits per heavy atom. The van der Waals surface area contributed by atoms with Crippen molar-refractivity contribution in [2.45, 2.75) is 13.8 Å². The van der Waals surface area contributed by atoms with E-state index in [0.717, 1.165) is 11.1 Å². The zero-order chi connectivity index (χ0) is 21.0. The highest BCUT2D eigenvalue weighted by Crippen LogP contribution is 2.27. The van der Waals surface area contributed by atoms with Crippen molar-refractivity contribution in [3.8, 4) is 5.75 Å². The summed E-state index contributed by atoms with van der Waals surface area (Å²) in [4.78, 5) is 24.6. The number of amides is 1. The molecule has 0 aliphatic heterocycles. The summed E-state index contributed by atoms with van der Waals surface area (Å²) in [6, 6.07) is 15.5. The number of carbonyl (C=O) groups is 2. The third kappa shape index (κ3) is 5.21. The van der Waals surface area contributed by atoms with E-state index in [-0.39, 0.29) is 18.3 Å². The summed E-state index contributed by atoms with van der Waals surface area (Å²) in [5.74, 6) is -0.516. The van der Waals surface area contributed by atoms with Crippen LogP contribution >= 0.6 is 11.6 Å². The van der Waals surface area contributed by atoms with Crippen LogP contribution < -0.4 is 10.1 Å². The van der Waals surface area contributed by atoms with Crippen LogP contribution in [0.15, 0.2) is 60.7 Å². The fourth-order valence-electron chi connectivity index (χ4n) is 2.87. The molecule has 6 heteroatoms. The van der Waals surface area contributed by atoms with Crippen LogP contribution in [0.25, 0.3) is 0 Å². The van der Waals surface area contributed by atoms with Crippen LogP contribution in [0.4, 0.5) is 10.1 Å². The topological polar surface area (TPSA) is 55.4 Å². The Hall–Kier alpha value is -3.18. The van der Waals surface area contributed by atoms with Crippen molar-refractivity contribution in [1.29, 1.82) is 0 Å². The molecule has 0 radical (unpaired) electrons. The van der Waals surface area contributed by atoms with Gasteiger partial charge in [-0.3, -0.25) is 9.59 Å². The molecular weight excluding hydrogens is 393 g/mol. The maximum Gasteiger partial charge on any atom is 0.262 e. The minimum atomic E-state index is -0.398. The molecule has 3 rings (SSSR count). The number of aryl methyl sites for hydroxylation is 2. The van der Waals surface area contributed by atoms with Gasteiger partial charge in [0.1, 0.15) is 11.6 Å². The number of nitrogens with one attached hydrogen (secondary N) is 1. The number of halogens is 2. The first-order chi connectivity index (χ1) is 13.8. The number of rotatable bonds is 6. The first-order valence-corrected chi connectivity index (χ1v) is 9.31. The zero-order valence-corrected chi connectivity index (χ0v) is 16.7. The molecule has 1 amide bonds. The lowest BCUT2D eigenvalue weighted by Crippen LogP contribution is -2.21. The highest BCUT2D eigenvalue weighted by atomic mass is 35.5. The van der Waals surface area contributed by atoms with Gasteiger partial charge in [0.05, 0.1) is 10.7 Å².